The zero-order valence-corrected chi connectivity index (χ0v) is 19.8. The van der Waals surface area contributed by atoms with Gasteiger partial charge in [-0.15, -0.1) is 24.0 Å². The van der Waals surface area contributed by atoms with Crippen molar-refractivity contribution in [3.8, 4) is 0 Å². The van der Waals surface area contributed by atoms with Gasteiger partial charge in [0.25, 0.3) is 0 Å². The number of hydrogen-bond donors (Lipinski definition) is 2. The number of likely N-dealkylation sites (tertiary alicyclic amines) is 1. The maximum Gasteiger partial charge on any atom is 0.191 e. The molecule has 0 amide bonds. The van der Waals surface area contributed by atoms with E-state index in [1.165, 1.54) is 18.2 Å². The van der Waals surface area contributed by atoms with Gasteiger partial charge in [0, 0.05) is 37.3 Å². The monoisotopic (exact) mass is 533 g/mol. The normalized spacial score (nSPS) is 17.5. The zero-order valence-electron chi connectivity index (χ0n) is 17.5. The van der Waals surface area contributed by atoms with Crippen molar-refractivity contribution in [1.29, 1.82) is 0 Å². The molecule has 1 aliphatic rings. The van der Waals surface area contributed by atoms with Crippen LogP contribution in [0.1, 0.15) is 43.7 Å². The molecule has 1 atom stereocenters. The van der Waals surface area contributed by atoms with Crippen LogP contribution in [0.25, 0.3) is 0 Å². The van der Waals surface area contributed by atoms with Crippen molar-refractivity contribution in [3.05, 3.63) is 52.9 Å². The average Bonchev–Trinajstić information content (AvgIpc) is 3.18. The first-order chi connectivity index (χ1) is 14.1. The molecule has 0 saturated carbocycles. The molecule has 1 aliphatic heterocycles. The van der Waals surface area contributed by atoms with Crippen LogP contribution in [0.3, 0.4) is 0 Å². The van der Waals surface area contributed by atoms with E-state index >= 15 is 0 Å². The van der Waals surface area contributed by atoms with Crippen LogP contribution in [0.2, 0.25) is 0 Å². The van der Waals surface area contributed by atoms with Gasteiger partial charge in [0.05, 0.1) is 5.69 Å². The summed E-state index contributed by atoms with van der Waals surface area (Å²) in [5, 5.41) is 10.7. The molecule has 1 saturated heterocycles. The van der Waals surface area contributed by atoms with Crippen molar-refractivity contribution in [3.63, 3.8) is 0 Å². The highest BCUT2D eigenvalue weighted by Crippen LogP contribution is 2.18. The van der Waals surface area contributed by atoms with Crippen LogP contribution in [0, 0.1) is 11.6 Å². The number of hydrogen-bond acceptors (Lipinski definition) is 4. The minimum atomic E-state index is -0.492. The highest BCUT2D eigenvalue weighted by Gasteiger charge is 2.22. The molecule has 1 aromatic heterocycles. The van der Waals surface area contributed by atoms with Gasteiger partial charge < -0.3 is 15.2 Å². The minimum absolute atomic E-state index is 0. The molecule has 2 aromatic rings. The van der Waals surface area contributed by atoms with Crippen LogP contribution >= 0.6 is 24.0 Å². The number of halogens is 3. The van der Waals surface area contributed by atoms with Gasteiger partial charge in [-0.25, -0.2) is 13.8 Å². The van der Waals surface area contributed by atoms with Crippen LogP contribution in [0.4, 0.5) is 8.78 Å². The van der Waals surface area contributed by atoms with Gasteiger partial charge in [0.15, 0.2) is 11.7 Å². The Morgan fingerprint density at radius 3 is 2.73 bits per heavy atom. The van der Waals surface area contributed by atoms with Gasteiger partial charge in [-0.1, -0.05) is 18.1 Å². The topological polar surface area (TPSA) is 65.7 Å². The fourth-order valence-corrected chi connectivity index (χ4v) is 3.49. The maximum atomic E-state index is 14.0. The quantitative estimate of drug-likeness (QED) is 0.322. The number of aromatic nitrogens is 1. The standard InChI is InChI=1S/C21H29F2N5O.HI/c1-3-15-11-17(29-27-15)12-25-21(24-4-2)26-16-7-6-10-28(13-16)14-18-19(22)8-5-9-20(18)23;/h5,8-9,11,16H,3-4,6-7,10,12-14H2,1-2H3,(H2,24,25,26);1H. The van der Waals surface area contributed by atoms with Gasteiger partial charge in [-0.05, 0) is 44.9 Å². The molecule has 1 unspecified atom stereocenters. The van der Waals surface area contributed by atoms with E-state index in [4.69, 9.17) is 4.52 Å². The van der Waals surface area contributed by atoms with E-state index in [0.717, 1.165) is 43.8 Å². The summed E-state index contributed by atoms with van der Waals surface area (Å²) >= 11 is 0. The van der Waals surface area contributed by atoms with E-state index in [1.54, 1.807) is 0 Å². The highest BCUT2D eigenvalue weighted by atomic mass is 127. The highest BCUT2D eigenvalue weighted by molar-refractivity contribution is 14.0. The molecule has 0 aliphatic carbocycles. The third-order valence-electron chi connectivity index (χ3n) is 5.00. The summed E-state index contributed by atoms with van der Waals surface area (Å²) in [6.45, 7) is 6.95. The van der Waals surface area contributed by atoms with E-state index in [9.17, 15) is 8.78 Å². The second-order valence-electron chi connectivity index (χ2n) is 7.25. The van der Waals surface area contributed by atoms with E-state index in [2.05, 4.69) is 25.7 Å². The molecular weight excluding hydrogens is 503 g/mol. The van der Waals surface area contributed by atoms with Gasteiger partial charge in [0.2, 0.25) is 0 Å². The van der Waals surface area contributed by atoms with Crippen molar-refractivity contribution in [1.82, 2.24) is 20.7 Å². The predicted octanol–water partition coefficient (Wildman–Crippen LogP) is 3.85. The Labute approximate surface area is 193 Å². The molecule has 6 nitrogen and oxygen atoms in total. The smallest absolute Gasteiger partial charge is 0.191 e. The van der Waals surface area contributed by atoms with Crippen LogP contribution in [0.5, 0.6) is 0 Å². The SMILES string of the molecule is CCNC(=NCc1cc(CC)no1)NC1CCCN(Cc2c(F)cccc2F)C1.I. The van der Waals surface area contributed by atoms with Crippen molar-refractivity contribution < 1.29 is 13.3 Å². The molecule has 30 heavy (non-hydrogen) atoms. The number of piperidine rings is 1. The largest absolute Gasteiger partial charge is 0.359 e. The Balaban J connectivity index is 0.00000320. The molecule has 1 fully saturated rings. The van der Waals surface area contributed by atoms with Gasteiger partial charge in [-0.2, -0.15) is 0 Å². The summed E-state index contributed by atoms with van der Waals surface area (Å²) in [5.74, 6) is 0.437. The molecule has 2 N–H and O–H groups in total. The van der Waals surface area contributed by atoms with Gasteiger partial charge in [-0.3, -0.25) is 4.90 Å². The number of aryl methyl sites for hydroxylation is 1. The van der Waals surface area contributed by atoms with E-state index in [-0.39, 0.29) is 42.1 Å². The number of nitrogens with one attached hydrogen (secondary N) is 2. The number of guanidine groups is 1. The average molecular weight is 533 g/mol. The van der Waals surface area contributed by atoms with E-state index in [0.29, 0.717) is 19.0 Å². The minimum Gasteiger partial charge on any atom is -0.359 e. The summed E-state index contributed by atoms with van der Waals surface area (Å²) in [6, 6.07) is 6.07. The fourth-order valence-electron chi connectivity index (χ4n) is 3.49. The summed E-state index contributed by atoms with van der Waals surface area (Å²) in [6.07, 6.45) is 2.75. The molecular formula is C21H30F2IN5O. The van der Waals surface area contributed by atoms with E-state index in [1.807, 2.05) is 19.9 Å². The lowest BCUT2D eigenvalue weighted by Gasteiger charge is -2.34. The zero-order chi connectivity index (χ0) is 20.6. The molecule has 0 bridgehead atoms. The molecule has 1 aromatic carbocycles. The Morgan fingerprint density at radius 2 is 2.07 bits per heavy atom. The fraction of sp³-hybridized carbons (Fsp3) is 0.524. The van der Waals surface area contributed by atoms with Crippen molar-refractivity contribution in [2.75, 3.05) is 19.6 Å². The van der Waals surface area contributed by atoms with Crippen molar-refractivity contribution in [2.45, 2.75) is 52.2 Å². The number of nitrogens with zero attached hydrogens (tertiary/aromatic N) is 3. The van der Waals surface area contributed by atoms with Crippen LogP contribution in [-0.4, -0.2) is 41.7 Å². The van der Waals surface area contributed by atoms with Gasteiger partial charge in [0.1, 0.15) is 18.2 Å². The molecule has 3 rings (SSSR count). The second-order valence-corrected chi connectivity index (χ2v) is 7.25. The lowest BCUT2D eigenvalue weighted by molar-refractivity contribution is 0.188. The second kappa shape index (κ2) is 12.2. The third-order valence-corrected chi connectivity index (χ3v) is 5.00. The molecule has 0 spiro atoms. The Hall–Kier alpha value is -1.75. The van der Waals surface area contributed by atoms with Gasteiger partial charge >= 0.3 is 0 Å². The summed E-state index contributed by atoms with van der Waals surface area (Å²) in [4.78, 5) is 6.66. The van der Waals surface area contributed by atoms with Crippen molar-refractivity contribution in [2.24, 2.45) is 4.99 Å². The number of aliphatic imine (C=N–C) groups is 1. The molecule has 9 heteroatoms. The van der Waals surface area contributed by atoms with Crippen LogP contribution in [-0.2, 0) is 19.5 Å². The van der Waals surface area contributed by atoms with E-state index < -0.39 is 11.6 Å². The lowest BCUT2D eigenvalue weighted by Crippen LogP contribution is -2.51. The maximum absolute atomic E-state index is 14.0. The lowest BCUT2D eigenvalue weighted by atomic mass is 10.0. The summed E-state index contributed by atoms with van der Waals surface area (Å²) < 4.78 is 33.2. The van der Waals surface area contributed by atoms with Crippen LogP contribution in [0.15, 0.2) is 33.8 Å². The first-order valence-electron chi connectivity index (χ1n) is 10.2. The molecule has 0 radical (unpaired) electrons. The molecule has 2 heterocycles. The molecule has 166 valence electrons. The van der Waals surface area contributed by atoms with Crippen LogP contribution < -0.4 is 10.6 Å². The summed E-state index contributed by atoms with van der Waals surface area (Å²) in [7, 11) is 0. The predicted molar refractivity (Wildman–Crippen MR) is 124 cm³/mol. The third kappa shape index (κ3) is 6.90. The van der Waals surface area contributed by atoms with Crippen molar-refractivity contribution >= 4 is 29.9 Å². The Morgan fingerprint density at radius 1 is 1.30 bits per heavy atom. The number of benzene rings is 1. The Kier molecular flexibility index (Phi) is 9.96. The summed E-state index contributed by atoms with van der Waals surface area (Å²) in [5.41, 5.74) is 1.04. The first kappa shape index (κ1) is 24.5. The first-order valence-corrected chi connectivity index (χ1v) is 10.2. The Bertz CT molecular complexity index is 809. The number of rotatable bonds is 7.